The van der Waals surface area contributed by atoms with Gasteiger partial charge in [-0.2, -0.15) is 0 Å². The molecule has 28 N–H and O–H groups in total. The third kappa shape index (κ3) is 39.2. The number of aliphatic hydroxyl groups is 1. The van der Waals surface area contributed by atoms with Gasteiger partial charge < -0.3 is 132 Å². The molecular weight excluding hydrogens is 1660 g/mol. The highest BCUT2D eigenvalue weighted by Crippen LogP contribution is 2.18. The number of aliphatic carboxylic acids is 7. The van der Waals surface area contributed by atoms with Gasteiger partial charge in [-0.05, 0) is 99.1 Å². The molecule has 46 heteroatoms. The van der Waals surface area contributed by atoms with E-state index in [1.807, 2.05) is 5.32 Å². The van der Waals surface area contributed by atoms with Gasteiger partial charge in [-0.1, -0.05) is 107 Å². The Bertz CT molecular complexity index is 4310. The number of amides is 14. The fraction of sp³-hybridized carbons (Fsp3) is 0.512. The number of carboxylic acids is 7. The predicted octanol–water partition coefficient (Wildman–Crippen LogP) is -5.37. The molecule has 0 spiro atoms. The summed E-state index contributed by atoms with van der Waals surface area (Å²) < 4.78 is 0. The summed E-state index contributed by atoms with van der Waals surface area (Å²) in [6.07, 6.45) is -12.8. The Kier molecular flexibility index (Phi) is 45.6. The van der Waals surface area contributed by atoms with Crippen molar-refractivity contribution in [2.75, 3.05) is 6.54 Å². The number of aromatic hydroxyl groups is 1. The minimum absolute atomic E-state index is 0.0251. The number of aliphatic hydroxyl groups excluding tert-OH is 1. The Labute approximate surface area is 721 Å². The number of hydrogen-bond acceptors (Lipinski definition) is 25. The normalized spacial score (nSPS) is 14.8. The predicted molar refractivity (Wildman–Crippen MR) is 437 cm³/mol. The molecule has 0 saturated heterocycles. The molecule has 0 aliphatic carbocycles. The molecule has 0 aliphatic heterocycles. The fourth-order valence-electron chi connectivity index (χ4n) is 12.2. The van der Waals surface area contributed by atoms with Gasteiger partial charge in [0.25, 0.3) is 0 Å². The molecule has 0 saturated carbocycles. The van der Waals surface area contributed by atoms with Crippen LogP contribution in [0.4, 0.5) is 0 Å². The van der Waals surface area contributed by atoms with Crippen LogP contribution >= 0.6 is 0 Å². The molecule has 0 bridgehead atoms. The van der Waals surface area contributed by atoms with Gasteiger partial charge in [-0.25, -0.2) is 4.79 Å². The van der Waals surface area contributed by atoms with Crippen LogP contribution in [-0.4, -0.2) is 268 Å². The maximum Gasteiger partial charge on any atom is 0.326 e. The Balaban J connectivity index is 2.05. The Morgan fingerprint density at radius 1 is 0.325 bits per heavy atom. The molecule has 0 heterocycles. The molecule has 46 nitrogen and oxygen atoms in total. The monoisotopic (exact) mass is 1780 g/mol. The number of unbranched alkanes of at least 4 members (excludes halogenated alkanes) is 1. The molecule has 3 aromatic rings. The van der Waals surface area contributed by atoms with Crippen molar-refractivity contribution < 1.29 is 147 Å². The molecule has 126 heavy (non-hydrogen) atoms. The largest absolute Gasteiger partial charge is 0.508 e. The summed E-state index contributed by atoms with van der Waals surface area (Å²) in [5.41, 5.74) is 18.3. The van der Waals surface area contributed by atoms with Crippen LogP contribution in [0.25, 0.3) is 0 Å². The number of nitrogens with one attached hydrogen (secondary N) is 13. The van der Waals surface area contributed by atoms with E-state index in [1.165, 1.54) is 69.3 Å². The van der Waals surface area contributed by atoms with Gasteiger partial charge in [0, 0.05) is 44.9 Å². The molecule has 3 aromatic carbocycles. The van der Waals surface area contributed by atoms with E-state index in [1.54, 1.807) is 55.6 Å². The van der Waals surface area contributed by atoms with E-state index in [4.69, 9.17) is 22.3 Å². The van der Waals surface area contributed by atoms with E-state index >= 15 is 0 Å². The van der Waals surface area contributed by atoms with Crippen molar-refractivity contribution in [2.45, 2.75) is 241 Å². The highest BCUT2D eigenvalue weighted by molar-refractivity contribution is 6.02. The second kappa shape index (κ2) is 54.0. The number of carbonyl (C=O) groups is 21. The van der Waals surface area contributed by atoms with Crippen molar-refractivity contribution in [3.63, 3.8) is 0 Å². The van der Waals surface area contributed by atoms with E-state index in [-0.39, 0.29) is 44.4 Å². The van der Waals surface area contributed by atoms with Crippen LogP contribution in [0.1, 0.15) is 148 Å². The maximum absolute atomic E-state index is 14.8. The highest BCUT2D eigenvalue weighted by atomic mass is 16.4. The molecule has 0 fully saturated rings. The number of carboxylic acid groups (broad SMARTS) is 7. The van der Waals surface area contributed by atoms with Crippen molar-refractivity contribution >= 4 is 124 Å². The molecule has 0 radical (unpaired) electrons. The zero-order chi connectivity index (χ0) is 94.8. The molecule has 16 atom stereocenters. The number of carbonyl (C=O) groups excluding carboxylic acids is 14. The van der Waals surface area contributed by atoms with Crippen LogP contribution in [0.5, 0.6) is 5.75 Å². The average molecular weight is 1780 g/mol. The Morgan fingerprint density at radius 3 is 0.944 bits per heavy atom. The lowest BCUT2D eigenvalue weighted by atomic mass is 9.96. The van der Waals surface area contributed by atoms with Crippen molar-refractivity contribution in [1.82, 2.24) is 69.1 Å². The van der Waals surface area contributed by atoms with Gasteiger partial charge >= 0.3 is 41.8 Å². The topological polar surface area (TPSA) is 775 Å². The number of rotatable bonds is 59. The number of benzene rings is 3. The third-order valence-corrected chi connectivity index (χ3v) is 19.5. The van der Waals surface area contributed by atoms with E-state index in [9.17, 15) is 142 Å². The molecule has 0 unspecified atom stereocenters. The second-order valence-corrected chi connectivity index (χ2v) is 30.0. The lowest BCUT2D eigenvalue weighted by Gasteiger charge is -2.30. The summed E-state index contributed by atoms with van der Waals surface area (Å²) in [5.74, 6) is -30.9. The van der Waals surface area contributed by atoms with Crippen LogP contribution in [0, 0.1) is 11.8 Å². The van der Waals surface area contributed by atoms with Crippen LogP contribution in [-0.2, 0) is 120 Å². The fourth-order valence-corrected chi connectivity index (χ4v) is 12.2. The average Bonchev–Trinajstić information content (AvgIpc) is 0.842. The minimum atomic E-state index is -2.24. The highest BCUT2D eigenvalue weighted by Gasteiger charge is 2.41. The molecule has 0 aliphatic rings. The van der Waals surface area contributed by atoms with E-state index in [2.05, 4.69) is 58.5 Å². The first-order valence-electron chi connectivity index (χ1n) is 40.0. The van der Waals surface area contributed by atoms with Crippen molar-refractivity contribution in [3.05, 3.63) is 102 Å². The second-order valence-electron chi connectivity index (χ2n) is 30.0. The van der Waals surface area contributed by atoms with Gasteiger partial charge in [-0.3, -0.25) is 95.9 Å². The smallest absolute Gasteiger partial charge is 0.326 e. The van der Waals surface area contributed by atoms with Gasteiger partial charge in [0.05, 0.1) is 25.4 Å². The molecule has 14 amide bonds. The lowest BCUT2D eigenvalue weighted by molar-refractivity contribution is -0.148. The number of nitrogens with two attached hydrogens (primary N) is 3. The Hall–Kier alpha value is -13.8. The van der Waals surface area contributed by atoms with E-state index in [0.29, 0.717) is 16.7 Å². The number of phenols is 1. The quantitative estimate of drug-likeness (QED) is 0.0235. The number of hydrogen-bond donors (Lipinski definition) is 25. The molecule has 692 valence electrons. The van der Waals surface area contributed by atoms with Gasteiger partial charge in [0.1, 0.15) is 90.3 Å². The maximum atomic E-state index is 14.8. The van der Waals surface area contributed by atoms with Crippen LogP contribution in [0.3, 0.4) is 0 Å². The Morgan fingerprint density at radius 2 is 0.611 bits per heavy atom. The number of phenolic OH excluding ortho intramolecular Hbond substituents is 1. The van der Waals surface area contributed by atoms with Crippen molar-refractivity contribution in [2.24, 2.45) is 29.0 Å². The van der Waals surface area contributed by atoms with Gasteiger partial charge in [-0.15, -0.1) is 0 Å². The first kappa shape index (κ1) is 106. The van der Waals surface area contributed by atoms with Gasteiger partial charge in [0.2, 0.25) is 82.7 Å². The zero-order valence-electron chi connectivity index (χ0n) is 69.7. The third-order valence-electron chi connectivity index (χ3n) is 19.5. The lowest BCUT2D eigenvalue weighted by Crippen LogP contribution is -2.62. The minimum Gasteiger partial charge on any atom is -0.508 e. The summed E-state index contributed by atoms with van der Waals surface area (Å²) in [6.45, 7) is 7.38. The van der Waals surface area contributed by atoms with Crippen LogP contribution in [0.15, 0.2) is 84.9 Å². The summed E-state index contributed by atoms with van der Waals surface area (Å²) in [5, 5.41) is 118. The number of primary amides is 1. The first-order chi connectivity index (χ1) is 59.2. The van der Waals surface area contributed by atoms with Crippen LogP contribution < -0.4 is 86.3 Å². The van der Waals surface area contributed by atoms with Gasteiger partial charge in [0.15, 0.2) is 0 Å². The van der Waals surface area contributed by atoms with Crippen molar-refractivity contribution in [1.29, 1.82) is 0 Å². The van der Waals surface area contributed by atoms with E-state index < -0.39 is 310 Å². The summed E-state index contributed by atoms with van der Waals surface area (Å²) >= 11 is 0. The summed E-state index contributed by atoms with van der Waals surface area (Å²) in [7, 11) is 0. The van der Waals surface area contributed by atoms with Crippen molar-refractivity contribution in [3.8, 4) is 5.75 Å². The molecule has 3 rings (SSSR count). The zero-order valence-corrected chi connectivity index (χ0v) is 69.7. The first-order valence-corrected chi connectivity index (χ1v) is 40.0. The molecule has 0 aromatic heterocycles. The summed E-state index contributed by atoms with van der Waals surface area (Å²) in [6, 6.07) is -4.72. The SMILES string of the molecule is CC[C@H](C)[C@H](NC(=O)[C@H](Cc1ccc(O)cc1)NC(=O)[C@@H](N)[C@@H](C)O)C(=O)N[C@@H](Cc1ccccc1)C(=O)N[C@@H](CCC(=O)O)C(=O)N[C@H](C(=O)N[C@@H](Cc1ccccc1)C(=O)N[C@@H](CC(=O)O)C(=O)N[C@@H](CCC(N)=O)C(=O)N[C@@H](CCCCN)C(=O)N[C@@H](CCC(=O)O)C(=O)N[C@@H](CCC(=O)O)C(=O)N[C@@H](CC(=O)O)C(=O)N[C@@H](CC(=O)O)C(=O)O)C(C)C. The standard InChI is InChI=1S/C80H112N16O30/c1-6-40(4)66(96-76(121)53(91-77(122)64(83)41(5)97)35-44-20-22-45(98)23-21-44)79(124)93-51(33-42-15-9-7-10-16-42)72(117)88-50(27-31-60(104)105)71(116)95-65(39(2)3)78(123)92-52(34-43-17-11-8-12-18-43)73(118)90-54(36-61(106)107)74(119)87-47(24-28-57(82)99)68(113)84-46(19-13-14-32-81)67(112)85-48(25-29-58(100)101)69(114)86-49(26-30-59(102)103)70(115)89-55(37-62(108)109)75(120)94-56(80(125)126)38-63(110)111/h7-12,15-18,20-23,39-41,46-56,64-66,97-98H,6,13-14,19,24-38,81,83H2,1-5H3,(H2,82,99)(H,84,113)(H,85,112)(H,86,114)(H,87,119)(H,88,117)(H,89,115)(H,90,118)(H,91,122)(H,92,123)(H,93,124)(H,94,120)(H,95,116)(H,96,121)(H,100,101)(H,102,103)(H,104,105)(H,106,107)(H,108,109)(H,110,111)(H,125,126)/t40-,41+,46-,47-,48-,49-,50-,51-,52-,53-,54-,55-,56-,64-,65-,66-/m0/s1. The van der Waals surface area contributed by atoms with E-state index in [0.717, 1.165) is 0 Å². The summed E-state index contributed by atoms with van der Waals surface area (Å²) in [4.78, 5) is 282. The molecular formula is C80H112N16O30. The van der Waals surface area contributed by atoms with Crippen LogP contribution in [0.2, 0.25) is 0 Å².